The van der Waals surface area contributed by atoms with E-state index in [4.69, 9.17) is 9.47 Å². The highest BCUT2D eigenvalue weighted by Crippen LogP contribution is 2.28. The van der Waals surface area contributed by atoms with Crippen molar-refractivity contribution in [1.29, 1.82) is 0 Å². The number of hydrogen-bond acceptors (Lipinski definition) is 6. The van der Waals surface area contributed by atoms with Gasteiger partial charge in [0, 0.05) is 18.9 Å². The fourth-order valence-corrected chi connectivity index (χ4v) is 2.12. The van der Waals surface area contributed by atoms with E-state index in [1.54, 1.807) is 44.2 Å². The molecule has 0 aliphatic heterocycles. The van der Waals surface area contributed by atoms with E-state index in [0.717, 1.165) is 0 Å². The summed E-state index contributed by atoms with van der Waals surface area (Å²) >= 11 is 0. The predicted octanol–water partition coefficient (Wildman–Crippen LogP) is 3.04. The minimum atomic E-state index is -1.25. The molecule has 0 saturated heterocycles. The first-order valence-electron chi connectivity index (χ1n) is 7.77. The molecule has 0 fully saturated rings. The zero-order chi connectivity index (χ0) is 18.1. The van der Waals surface area contributed by atoms with Gasteiger partial charge in [-0.3, -0.25) is 9.59 Å². The van der Waals surface area contributed by atoms with E-state index in [-0.39, 0.29) is 13.0 Å². The summed E-state index contributed by atoms with van der Waals surface area (Å²) in [6.07, 6.45) is -0.679. The zero-order valence-corrected chi connectivity index (χ0v) is 14.1. The van der Waals surface area contributed by atoms with Crippen LogP contribution in [0.25, 0.3) is 0 Å². The second kappa shape index (κ2) is 9.50. The van der Waals surface area contributed by atoms with Gasteiger partial charge in [-0.15, -0.1) is 0 Å². The van der Waals surface area contributed by atoms with Crippen LogP contribution in [0.5, 0.6) is 0 Å². The highest BCUT2D eigenvalue weighted by Gasteiger charge is 2.31. The first kappa shape index (κ1) is 19.4. The van der Waals surface area contributed by atoms with E-state index in [1.165, 1.54) is 6.92 Å². The van der Waals surface area contributed by atoms with Gasteiger partial charge >= 0.3 is 11.9 Å². The monoisotopic (exact) mass is 334 g/mol. The summed E-state index contributed by atoms with van der Waals surface area (Å²) in [6.45, 7) is 4.61. The van der Waals surface area contributed by atoms with Gasteiger partial charge in [0.2, 0.25) is 0 Å². The van der Waals surface area contributed by atoms with E-state index in [0.29, 0.717) is 12.0 Å². The minimum Gasteiger partial charge on any atom is -0.507 e. The standard InChI is InChI=1S/C18H22O6/c1-4-9-14(20)15(18(22)23-5-2)16(21)17(24-12(3)19)13-10-7-6-8-11-13/h6-8,10-11,17,21H,4-5,9H2,1-3H3/b16-15-. The third-order valence-corrected chi connectivity index (χ3v) is 3.13. The molecule has 0 aliphatic rings. The maximum Gasteiger partial charge on any atom is 0.345 e. The molecule has 0 heterocycles. The Hall–Kier alpha value is -2.63. The number of Topliss-reactive ketones (excluding diaryl/α,β-unsaturated/α-hetero) is 1. The summed E-state index contributed by atoms with van der Waals surface area (Å²) in [5.41, 5.74) is -0.0369. The Labute approximate surface area is 141 Å². The lowest BCUT2D eigenvalue weighted by Gasteiger charge is -2.19. The molecule has 24 heavy (non-hydrogen) atoms. The molecular formula is C18H22O6. The molecular weight excluding hydrogens is 312 g/mol. The van der Waals surface area contributed by atoms with E-state index in [1.807, 2.05) is 0 Å². The number of rotatable bonds is 8. The van der Waals surface area contributed by atoms with Crippen molar-refractivity contribution in [3.8, 4) is 0 Å². The Kier molecular flexibility index (Phi) is 7.68. The molecule has 1 aromatic carbocycles. The largest absolute Gasteiger partial charge is 0.507 e. The molecule has 0 aliphatic carbocycles. The van der Waals surface area contributed by atoms with E-state index >= 15 is 0 Å². The second-order valence-corrected chi connectivity index (χ2v) is 5.05. The van der Waals surface area contributed by atoms with Gasteiger partial charge in [0.25, 0.3) is 0 Å². The van der Waals surface area contributed by atoms with Crippen LogP contribution in [0.1, 0.15) is 45.3 Å². The van der Waals surface area contributed by atoms with Crippen molar-refractivity contribution in [2.75, 3.05) is 6.61 Å². The third kappa shape index (κ3) is 5.22. The average molecular weight is 334 g/mol. The van der Waals surface area contributed by atoms with Gasteiger partial charge in [-0.1, -0.05) is 37.3 Å². The number of ketones is 1. The molecule has 6 heteroatoms. The minimum absolute atomic E-state index is 0.0542. The fourth-order valence-electron chi connectivity index (χ4n) is 2.12. The van der Waals surface area contributed by atoms with Crippen molar-refractivity contribution in [2.45, 2.75) is 39.7 Å². The molecule has 0 bridgehead atoms. The smallest absolute Gasteiger partial charge is 0.345 e. The van der Waals surface area contributed by atoms with Crippen LogP contribution in [-0.2, 0) is 23.9 Å². The number of aliphatic hydroxyl groups is 1. The Morgan fingerprint density at radius 1 is 1.12 bits per heavy atom. The van der Waals surface area contributed by atoms with Gasteiger partial charge in [0.1, 0.15) is 5.57 Å². The molecule has 0 radical (unpaired) electrons. The van der Waals surface area contributed by atoms with E-state index in [9.17, 15) is 19.5 Å². The molecule has 0 aromatic heterocycles. The highest BCUT2D eigenvalue weighted by atomic mass is 16.6. The van der Waals surface area contributed by atoms with Crippen LogP contribution in [0.15, 0.2) is 41.7 Å². The summed E-state index contributed by atoms with van der Waals surface area (Å²) in [5, 5.41) is 10.5. The number of hydrogen-bond donors (Lipinski definition) is 1. The maximum atomic E-state index is 12.3. The summed E-state index contributed by atoms with van der Waals surface area (Å²) in [6, 6.07) is 8.38. The molecule has 1 rings (SSSR count). The Morgan fingerprint density at radius 2 is 1.75 bits per heavy atom. The third-order valence-electron chi connectivity index (χ3n) is 3.13. The lowest BCUT2D eigenvalue weighted by Crippen LogP contribution is -2.22. The average Bonchev–Trinajstić information content (AvgIpc) is 2.54. The van der Waals surface area contributed by atoms with Crippen LogP contribution >= 0.6 is 0 Å². The van der Waals surface area contributed by atoms with Crippen molar-refractivity contribution < 1.29 is 29.0 Å². The first-order chi connectivity index (χ1) is 11.4. The van der Waals surface area contributed by atoms with Crippen LogP contribution < -0.4 is 0 Å². The van der Waals surface area contributed by atoms with Gasteiger partial charge in [0.15, 0.2) is 17.6 Å². The normalized spacial score (nSPS) is 12.8. The van der Waals surface area contributed by atoms with Gasteiger partial charge in [0.05, 0.1) is 6.61 Å². The van der Waals surface area contributed by atoms with Gasteiger partial charge < -0.3 is 14.6 Å². The zero-order valence-electron chi connectivity index (χ0n) is 14.1. The number of carbonyl (C=O) groups is 3. The SMILES string of the molecule is CCCC(=O)/C(C(=O)OCC)=C(/O)C(OC(C)=O)c1ccccc1. The lowest BCUT2D eigenvalue weighted by molar-refractivity contribution is -0.148. The van der Waals surface area contributed by atoms with Crippen molar-refractivity contribution in [2.24, 2.45) is 0 Å². The van der Waals surface area contributed by atoms with Crippen LogP contribution in [-0.4, -0.2) is 29.4 Å². The van der Waals surface area contributed by atoms with E-state index < -0.39 is 35.2 Å². The van der Waals surface area contributed by atoms with Crippen LogP contribution in [0, 0.1) is 0 Å². The van der Waals surface area contributed by atoms with Gasteiger partial charge in [-0.25, -0.2) is 4.79 Å². The number of esters is 2. The Bertz CT molecular complexity index is 598. The summed E-state index contributed by atoms with van der Waals surface area (Å²) < 4.78 is 9.99. The quantitative estimate of drug-likeness (QED) is 0.258. The molecule has 1 unspecified atom stereocenters. The molecule has 1 aromatic rings. The molecule has 6 nitrogen and oxygen atoms in total. The molecule has 1 N–H and O–H groups in total. The summed E-state index contributed by atoms with van der Waals surface area (Å²) in [4.78, 5) is 35.8. The fraction of sp³-hybridized carbons (Fsp3) is 0.389. The van der Waals surface area contributed by atoms with Crippen LogP contribution in [0.3, 0.4) is 0 Å². The summed E-state index contributed by atoms with van der Waals surface area (Å²) in [7, 11) is 0. The maximum absolute atomic E-state index is 12.3. The van der Waals surface area contributed by atoms with Crippen molar-refractivity contribution in [3.05, 3.63) is 47.2 Å². The second-order valence-electron chi connectivity index (χ2n) is 5.05. The Morgan fingerprint density at radius 3 is 2.25 bits per heavy atom. The molecule has 0 saturated carbocycles. The molecule has 1 atom stereocenters. The van der Waals surface area contributed by atoms with Crippen molar-refractivity contribution in [1.82, 2.24) is 0 Å². The topological polar surface area (TPSA) is 89.9 Å². The van der Waals surface area contributed by atoms with Crippen LogP contribution in [0.2, 0.25) is 0 Å². The Balaban J connectivity index is 3.41. The van der Waals surface area contributed by atoms with Gasteiger partial charge in [-0.05, 0) is 13.3 Å². The highest BCUT2D eigenvalue weighted by molar-refractivity contribution is 6.17. The lowest BCUT2D eigenvalue weighted by atomic mass is 9.99. The number of benzene rings is 1. The van der Waals surface area contributed by atoms with E-state index in [2.05, 4.69) is 0 Å². The number of ether oxygens (including phenoxy) is 2. The molecule has 0 amide bonds. The van der Waals surface area contributed by atoms with Crippen molar-refractivity contribution >= 4 is 17.7 Å². The predicted molar refractivity (Wildman–Crippen MR) is 87.2 cm³/mol. The first-order valence-corrected chi connectivity index (χ1v) is 7.77. The van der Waals surface area contributed by atoms with Crippen molar-refractivity contribution in [3.63, 3.8) is 0 Å². The number of carbonyl (C=O) groups excluding carboxylic acids is 3. The molecule has 0 spiro atoms. The molecule has 130 valence electrons. The van der Waals surface area contributed by atoms with Gasteiger partial charge in [-0.2, -0.15) is 0 Å². The summed E-state index contributed by atoms with van der Waals surface area (Å²) in [5.74, 6) is -2.75. The number of aliphatic hydroxyl groups excluding tert-OH is 1. The van der Waals surface area contributed by atoms with Crippen LogP contribution in [0.4, 0.5) is 0 Å².